The summed E-state index contributed by atoms with van der Waals surface area (Å²) >= 11 is 1.25. The van der Waals surface area contributed by atoms with Crippen LogP contribution in [0.5, 0.6) is 5.75 Å². The van der Waals surface area contributed by atoms with Gasteiger partial charge in [0.05, 0.1) is 18.4 Å². The number of carbonyl (C=O) groups excluding carboxylic acids is 1. The number of nitrogens with zero attached hydrogens (tertiary/aromatic N) is 5. The van der Waals surface area contributed by atoms with Gasteiger partial charge in [-0.2, -0.15) is 9.94 Å². The molecule has 1 N–H and O–H groups in total. The predicted molar refractivity (Wildman–Crippen MR) is 105 cm³/mol. The van der Waals surface area contributed by atoms with Crippen LogP contribution in [0.15, 0.2) is 23.4 Å². The van der Waals surface area contributed by atoms with Crippen LogP contribution in [0, 0.1) is 18.3 Å². The van der Waals surface area contributed by atoms with Crippen molar-refractivity contribution in [2.45, 2.75) is 61.9 Å². The van der Waals surface area contributed by atoms with Crippen LogP contribution in [0.3, 0.4) is 0 Å². The summed E-state index contributed by atoms with van der Waals surface area (Å²) in [4.78, 5) is 12.7. The quantitative estimate of drug-likeness (QED) is 0.743. The van der Waals surface area contributed by atoms with Crippen molar-refractivity contribution < 1.29 is 9.53 Å². The molecule has 1 heterocycles. The zero-order valence-corrected chi connectivity index (χ0v) is 17.1. The van der Waals surface area contributed by atoms with E-state index in [-0.39, 0.29) is 5.91 Å². The molecular weight excluding hydrogens is 376 g/mol. The minimum Gasteiger partial charge on any atom is -0.494 e. The third kappa shape index (κ3) is 4.28. The van der Waals surface area contributed by atoms with Crippen molar-refractivity contribution >= 4 is 17.7 Å². The van der Waals surface area contributed by atoms with E-state index in [9.17, 15) is 10.1 Å². The Bertz CT molecular complexity index is 885. The van der Waals surface area contributed by atoms with E-state index in [1.165, 1.54) is 11.8 Å². The van der Waals surface area contributed by atoms with Crippen LogP contribution in [0.1, 0.15) is 44.6 Å². The fourth-order valence-corrected chi connectivity index (χ4v) is 4.14. The van der Waals surface area contributed by atoms with Crippen molar-refractivity contribution in [3.05, 3.63) is 23.8 Å². The van der Waals surface area contributed by atoms with Crippen LogP contribution < -0.4 is 10.1 Å². The average Bonchev–Trinajstić information content (AvgIpc) is 3.16. The summed E-state index contributed by atoms with van der Waals surface area (Å²) in [5.41, 5.74) is 1.00. The molecule has 1 atom stereocenters. The van der Waals surface area contributed by atoms with Crippen molar-refractivity contribution in [1.82, 2.24) is 25.5 Å². The molecule has 1 amide bonds. The topological polar surface area (TPSA) is 106 Å². The van der Waals surface area contributed by atoms with Crippen molar-refractivity contribution in [2.75, 3.05) is 7.11 Å². The number of rotatable bonds is 6. The lowest BCUT2D eigenvalue weighted by molar-refractivity contribution is -0.121. The van der Waals surface area contributed by atoms with Gasteiger partial charge in [-0.1, -0.05) is 37.1 Å². The molecule has 1 aliphatic rings. The Labute approximate surface area is 168 Å². The highest BCUT2D eigenvalue weighted by Gasteiger charge is 2.35. The van der Waals surface area contributed by atoms with Crippen molar-refractivity contribution in [1.29, 1.82) is 5.26 Å². The molecular formula is C19H24N6O2S. The lowest BCUT2D eigenvalue weighted by atomic mass is 9.83. The molecule has 0 radical (unpaired) electrons. The van der Waals surface area contributed by atoms with Gasteiger partial charge in [-0.3, -0.25) is 4.79 Å². The Balaban J connectivity index is 1.76. The Morgan fingerprint density at radius 3 is 2.82 bits per heavy atom. The van der Waals surface area contributed by atoms with Crippen LogP contribution in [0.2, 0.25) is 0 Å². The van der Waals surface area contributed by atoms with Gasteiger partial charge in [0, 0.05) is 0 Å². The molecule has 1 aliphatic carbocycles. The van der Waals surface area contributed by atoms with Gasteiger partial charge in [0.15, 0.2) is 0 Å². The number of nitrogens with one attached hydrogen (secondary N) is 1. The van der Waals surface area contributed by atoms with Crippen molar-refractivity contribution in [3.63, 3.8) is 0 Å². The molecule has 0 aliphatic heterocycles. The summed E-state index contributed by atoms with van der Waals surface area (Å²) < 4.78 is 6.99. The number of thioether (sulfide) groups is 1. The van der Waals surface area contributed by atoms with Crippen LogP contribution >= 0.6 is 11.8 Å². The number of nitriles is 1. The molecule has 148 valence electrons. The van der Waals surface area contributed by atoms with Crippen LogP contribution in [-0.2, 0) is 4.79 Å². The summed E-state index contributed by atoms with van der Waals surface area (Å²) in [6.45, 7) is 3.77. The number of benzene rings is 1. The fraction of sp³-hybridized carbons (Fsp3) is 0.526. The number of tetrazole rings is 1. The number of amides is 1. The molecule has 0 spiro atoms. The van der Waals surface area contributed by atoms with Crippen LogP contribution in [0.4, 0.5) is 0 Å². The number of aryl methyl sites for hydroxylation is 1. The monoisotopic (exact) mass is 400 g/mol. The maximum absolute atomic E-state index is 12.7. The predicted octanol–water partition coefficient (Wildman–Crippen LogP) is 2.80. The van der Waals surface area contributed by atoms with Gasteiger partial charge in [-0.25, -0.2) is 0 Å². The van der Waals surface area contributed by atoms with Gasteiger partial charge >= 0.3 is 0 Å². The Morgan fingerprint density at radius 1 is 1.39 bits per heavy atom. The van der Waals surface area contributed by atoms with Crippen LogP contribution in [0.25, 0.3) is 5.69 Å². The number of ether oxygens (including phenoxy) is 1. The largest absolute Gasteiger partial charge is 0.494 e. The summed E-state index contributed by atoms with van der Waals surface area (Å²) in [5.74, 6) is 0.460. The molecule has 28 heavy (non-hydrogen) atoms. The highest BCUT2D eigenvalue weighted by Crippen LogP contribution is 2.31. The lowest BCUT2D eigenvalue weighted by Gasteiger charge is -2.32. The molecule has 0 bridgehead atoms. The second kappa shape index (κ2) is 8.61. The number of aromatic nitrogens is 4. The van der Waals surface area contributed by atoms with Gasteiger partial charge < -0.3 is 10.1 Å². The first kappa shape index (κ1) is 20.1. The second-order valence-electron chi connectivity index (χ2n) is 7.05. The highest BCUT2D eigenvalue weighted by atomic mass is 32.2. The van der Waals surface area contributed by atoms with Gasteiger partial charge in [0.25, 0.3) is 0 Å². The zero-order valence-electron chi connectivity index (χ0n) is 16.3. The Morgan fingerprint density at radius 2 is 2.14 bits per heavy atom. The summed E-state index contributed by atoms with van der Waals surface area (Å²) in [5, 5.41) is 24.5. The van der Waals surface area contributed by atoms with E-state index in [1.807, 2.05) is 25.1 Å². The molecule has 8 nitrogen and oxygen atoms in total. The Hall–Kier alpha value is -2.60. The Kier molecular flexibility index (Phi) is 6.19. The minimum absolute atomic E-state index is 0.181. The third-order valence-electron chi connectivity index (χ3n) is 4.94. The van der Waals surface area contributed by atoms with E-state index in [4.69, 9.17) is 4.74 Å². The summed E-state index contributed by atoms with van der Waals surface area (Å²) in [7, 11) is 1.59. The first-order chi connectivity index (χ1) is 13.5. The summed E-state index contributed by atoms with van der Waals surface area (Å²) in [6, 6.07) is 8.05. The standard InChI is InChI=1S/C19H24N6O2S/c1-13-7-8-16(27-3)15(11-13)25-18(22-23-24-25)28-14(2)17(26)21-19(12-20)9-5-4-6-10-19/h7-8,11,14H,4-6,9-10H2,1-3H3,(H,21,26)/t14-/m1/s1. The van der Waals surface area contributed by atoms with E-state index >= 15 is 0 Å². The molecule has 2 aromatic rings. The van der Waals surface area contributed by atoms with E-state index in [0.29, 0.717) is 29.4 Å². The van der Waals surface area contributed by atoms with Crippen molar-refractivity contribution in [2.24, 2.45) is 0 Å². The number of methoxy groups -OCH3 is 1. The molecule has 9 heteroatoms. The van der Waals surface area contributed by atoms with E-state index < -0.39 is 10.8 Å². The number of hydrogen-bond acceptors (Lipinski definition) is 7. The second-order valence-corrected chi connectivity index (χ2v) is 8.36. The molecule has 1 fully saturated rings. The number of carbonyl (C=O) groups is 1. The van der Waals surface area contributed by atoms with Gasteiger partial charge in [-0.15, -0.1) is 5.10 Å². The normalized spacial score (nSPS) is 16.8. The van der Waals surface area contributed by atoms with E-state index in [0.717, 1.165) is 24.8 Å². The molecule has 0 unspecified atom stereocenters. The maximum atomic E-state index is 12.7. The van der Waals surface area contributed by atoms with Crippen LogP contribution in [-0.4, -0.2) is 44.0 Å². The zero-order chi connectivity index (χ0) is 20.1. The fourth-order valence-electron chi connectivity index (χ4n) is 3.34. The lowest BCUT2D eigenvalue weighted by Crippen LogP contribution is -2.51. The van der Waals surface area contributed by atoms with Crippen molar-refractivity contribution in [3.8, 4) is 17.5 Å². The van der Waals surface area contributed by atoms with E-state index in [2.05, 4.69) is 26.9 Å². The summed E-state index contributed by atoms with van der Waals surface area (Å²) in [6.07, 6.45) is 4.42. The minimum atomic E-state index is -0.754. The molecule has 0 saturated heterocycles. The molecule has 1 aromatic heterocycles. The average molecular weight is 401 g/mol. The first-order valence-corrected chi connectivity index (χ1v) is 10.2. The first-order valence-electron chi connectivity index (χ1n) is 9.31. The smallest absolute Gasteiger partial charge is 0.234 e. The highest BCUT2D eigenvalue weighted by molar-refractivity contribution is 8.00. The van der Waals surface area contributed by atoms with Gasteiger partial charge in [0.2, 0.25) is 11.1 Å². The molecule has 1 saturated carbocycles. The number of hydrogen-bond donors (Lipinski definition) is 1. The molecule has 3 rings (SSSR count). The molecule has 1 aromatic carbocycles. The van der Waals surface area contributed by atoms with E-state index in [1.54, 1.807) is 18.7 Å². The van der Waals surface area contributed by atoms with Gasteiger partial charge in [0.1, 0.15) is 17.0 Å². The third-order valence-corrected chi connectivity index (χ3v) is 5.97. The maximum Gasteiger partial charge on any atom is 0.234 e. The van der Waals surface area contributed by atoms with Gasteiger partial charge in [-0.05, 0) is 54.8 Å². The SMILES string of the molecule is COc1ccc(C)cc1-n1nnnc1S[C@H](C)C(=O)NC1(C#N)CCCCC1.